The molecule has 0 bridgehead atoms. The molecule has 0 radical (unpaired) electrons. The normalized spacial score (nSPS) is 10.7. The van der Waals surface area contributed by atoms with Gasteiger partial charge in [0.1, 0.15) is 5.75 Å². The third-order valence-corrected chi connectivity index (χ3v) is 2.65. The minimum absolute atomic E-state index is 0.116. The van der Waals surface area contributed by atoms with Gasteiger partial charge in [-0.15, -0.1) is 0 Å². The molecule has 0 spiro atoms. The van der Waals surface area contributed by atoms with E-state index in [0.717, 1.165) is 5.56 Å². The maximum absolute atomic E-state index is 10.9. The Hall–Kier alpha value is -2.69. The van der Waals surface area contributed by atoms with Gasteiger partial charge in [-0.25, -0.2) is 0 Å². The Morgan fingerprint density at radius 3 is 2.45 bits per heavy atom. The van der Waals surface area contributed by atoms with Crippen molar-refractivity contribution in [2.24, 2.45) is 10.2 Å². The Morgan fingerprint density at radius 2 is 1.80 bits per heavy atom. The number of azo groups is 1. The molecule has 1 amide bonds. The SMILES string of the molecule is CC(=O)Nc1ccc(N=Nc2cc(O)ccc2C)cc1. The van der Waals surface area contributed by atoms with Crippen molar-refractivity contribution in [2.75, 3.05) is 5.32 Å². The maximum atomic E-state index is 10.9. The van der Waals surface area contributed by atoms with Gasteiger partial charge in [0.05, 0.1) is 11.4 Å². The first kappa shape index (κ1) is 13.7. The summed E-state index contributed by atoms with van der Waals surface area (Å²) in [6.45, 7) is 3.35. The lowest BCUT2D eigenvalue weighted by atomic mass is 10.2. The predicted molar refractivity (Wildman–Crippen MR) is 77.8 cm³/mol. The number of benzene rings is 2. The van der Waals surface area contributed by atoms with Gasteiger partial charge in [0, 0.05) is 18.7 Å². The average molecular weight is 269 g/mol. The Kier molecular flexibility index (Phi) is 4.10. The van der Waals surface area contributed by atoms with Gasteiger partial charge in [-0.1, -0.05) is 6.07 Å². The summed E-state index contributed by atoms with van der Waals surface area (Å²) in [5.41, 5.74) is 2.93. The zero-order valence-electron chi connectivity index (χ0n) is 11.3. The lowest BCUT2D eigenvalue weighted by molar-refractivity contribution is -0.114. The van der Waals surface area contributed by atoms with Crippen LogP contribution in [0.3, 0.4) is 0 Å². The second-order valence-corrected chi connectivity index (χ2v) is 4.40. The van der Waals surface area contributed by atoms with Gasteiger partial charge in [0.2, 0.25) is 5.91 Å². The first-order valence-electron chi connectivity index (χ1n) is 6.13. The van der Waals surface area contributed by atoms with E-state index in [1.807, 2.05) is 6.92 Å². The largest absolute Gasteiger partial charge is 0.508 e. The van der Waals surface area contributed by atoms with Gasteiger partial charge < -0.3 is 10.4 Å². The number of hydrogen-bond acceptors (Lipinski definition) is 4. The molecule has 2 aromatic rings. The molecule has 0 saturated heterocycles. The number of phenolic OH excluding ortho intramolecular Hbond substituents is 1. The molecule has 5 nitrogen and oxygen atoms in total. The van der Waals surface area contributed by atoms with Crippen molar-refractivity contribution in [2.45, 2.75) is 13.8 Å². The lowest BCUT2D eigenvalue weighted by Gasteiger charge is -2.02. The molecule has 5 heteroatoms. The number of nitrogens with zero attached hydrogens (tertiary/aromatic N) is 2. The fraction of sp³-hybridized carbons (Fsp3) is 0.133. The van der Waals surface area contributed by atoms with Crippen molar-refractivity contribution < 1.29 is 9.90 Å². The van der Waals surface area contributed by atoms with Crippen molar-refractivity contribution in [3.8, 4) is 5.75 Å². The lowest BCUT2D eigenvalue weighted by Crippen LogP contribution is -2.04. The molecular weight excluding hydrogens is 254 g/mol. The quantitative estimate of drug-likeness (QED) is 0.824. The highest BCUT2D eigenvalue weighted by Crippen LogP contribution is 2.26. The molecule has 2 N–H and O–H groups in total. The van der Waals surface area contributed by atoms with Gasteiger partial charge in [0.25, 0.3) is 0 Å². The first-order chi connectivity index (χ1) is 9.54. The van der Waals surface area contributed by atoms with Crippen molar-refractivity contribution in [1.82, 2.24) is 0 Å². The fourth-order valence-corrected chi connectivity index (χ4v) is 1.63. The highest BCUT2D eigenvalue weighted by Gasteiger charge is 1.99. The third-order valence-electron chi connectivity index (χ3n) is 2.65. The number of phenols is 1. The standard InChI is InChI=1S/C15H15N3O2/c1-10-3-8-14(20)9-15(10)18-17-13-6-4-12(5-7-13)16-11(2)19/h3-9,20H,1-2H3,(H,16,19). The molecule has 0 saturated carbocycles. The predicted octanol–water partition coefficient (Wildman–Crippen LogP) is 4.07. The number of hydrogen-bond donors (Lipinski definition) is 2. The first-order valence-corrected chi connectivity index (χ1v) is 6.13. The van der Waals surface area contributed by atoms with Crippen LogP contribution in [-0.4, -0.2) is 11.0 Å². The summed E-state index contributed by atoms with van der Waals surface area (Å²) in [6, 6.07) is 12.0. The number of anilines is 1. The van der Waals surface area contributed by atoms with E-state index in [1.54, 1.807) is 42.5 Å². The van der Waals surface area contributed by atoms with E-state index in [-0.39, 0.29) is 11.7 Å². The average Bonchev–Trinajstić information content (AvgIpc) is 2.41. The molecule has 0 aliphatic heterocycles. The van der Waals surface area contributed by atoms with E-state index >= 15 is 0 Å². The maximum Gasteiger partial charge on any atom is 0.221 e. The van der Waals surface area contributed by atoms with Crippen LogP contribution in [0.15, 0.2) is 52.7 Å². The van der Waals surface area contributed by atoms with Crippen LogP contribution in [0.1, 0.15) is 12.5 Å². The van der Waals surface area contributed by atoms with Crippen LogP contribution in [-0.2, 0) is 4.79 Å². The molecule has 0 heterocycles. The topological polar surface area (TPSA) is 74.0 Å². The van der Waals surface area contributed by atoms with Crippen molar-refractivity contribution in [1.29, 1.82) is 0 Å². The fourth-order valence-electron chi connectivity index (χ4n) is 1.63. The van der Waals surface area contributed by atoms with Crippen LogP contribution in [0.4, 0.5) is 17.1 Å². The highest BCUT2D eigenvalue weighted by atomic mass is 16.3. The van der Waals surface area contributed by atoms with Gasteiger partial charge in [0.15, 0.2) is 0 Å². The second kappa shape index (κ2) is 5.97. The number of amides is 1. The van der Waals surface area contributed by atoms with Crippen LogP contribution >= 0.6 is 0 Å². The van der Waals surface area contributed by atoms with Crippen molar-refractivity contribution in [3.63, 3.8) is 0 Å². The van der Waals surface area contributed by atoms with E-state index < -0.39 is 0 Å². The summed E-state index contributed by atoms with van der Waals surface area (Å²) < 4.78 is 0. The van der Waals surface area contributed by atoms with Gasteiger partial charge in [-0.05, 0) is 42.8 Å². The summed E-state index contributed by atoms with van der Waals surface area (Å²) in [5.74, 6) is 0.0420. The van der Waals surface area contributed by atoms with Crippen molar-refractivity contribution in [3.05, 3.63) is 48.0 Å². The summed E-state index contributed by atoms with van der Waals surface area (Å²) >= 11 is 0. The van der Waals surface area contributed by atoms with E-state index in [4.69, 9.17) is 0 Å². The Labute approximate surface area is 117 Å². The van der Waals surface area contributed by atoms with Gasteiger partial charge in [-0.3, -0.25) is 4.79 Å². The molecule has 2 rings (SSSR count). The van der Waals surface area contributed by atoms with Crippen LogP contribution in [0.5, 0.6) is 5.75 Å². The molecule has 0 unspecified atom stereocenters. The zero-order chi connectivity index (χ0) is 14.5. The number of nitrogens with one attached hydrogen (secondary N) is 1. The Bertz CT molecular complexity index is 649. The molecule has 0 fully saturated rings. The van der Waals surface area contributed by atoms with Crippen LogP contribution < -0.4 is 5.32 Å². The monoisotopic (exact) mass is 269 g/mol. The van der Waals surface area contributed by atoms with Crippen molar-refractivity contribution >= 4 is 23.0 Å². The molecule has 0 aliphatic carbocycles. The number of rotatable bonds is 3. The molecule has 102 valence electrons. The van der Waals surface area contributed by atoms with E-state index in [9.17, 15) is 9.90 Å². The molecular formula is C15H15N3O2. The molecule has 0 aromatic heterocycles. The number of carbonyl (C=O) groups excluding carboxylic acids is 1. The number of carbonyl (C=O) groups is 1. The zero-order valence-corrected chi connectivity index (χ0v) is 11.3. The van der Waals surface area contributed by atoms with Gasteiger partial charge in [-0.2, -0.15) is 10.2 Å². The van der Waals surface area contributed by atoms with Crippen LogP contribution in [0, 0.1) is 6.92 Å². The second-order valence-electron chi connectivity index (χ2n) is 4.40. The minimum atomic E-state index is -0.116. The number of aryl methyl sites for hydroxylation is 1. The number of aromatic hydroxyl groups is 1. The minimum Gasteiger partial charge on any atom is -0.508 e. The van der Waals surface area contributed by atoms with E-state index in [2.05, 4.69) is 15.5 Å². The highest BCUT2D eigenvalue weighted by molar-refractivity contribution is 5.88. The smallest absolute Gasteiger partial charge is 0.221 e. The van der Waals surface area contributed by atoms with Crippen LogP contribution in [0.2, 0.25) is 0 Å². The summed E-state index contributed by atoms with van der Waals surface area (Å²) in [6.07, 6.45) is 0. The molecule has 0 atom stereocenters. The summed E-state index contributed by atoms with van der Waals surface area (Å²) in [5, 5.41) is 20.3. The summed E-state index contributed by atoms with van der Waals surface area (Å²) in [7, 11) is 0. The third kappa shape index (κ3) is 3.65. The Morgan fingerprint density at radius 1 is 1.10 bits per heavy atom. The van der Waals surface area contributed by atoms with Gasteiger partial charge >= 0.3 is 0 Å². The molecule has 0 aliphatic rings. The van der Waals surface area contributed by atoms with E-state index in [1.165, 1.54) is 6.92 Å². The summed E-state index contributed by atoms with van der Waals surface area (Å²) in [4.78, 5) is 10.9. The van der Waals surface area contributed by atoms with Crippen LogP contribution in [0.25, 0.3) is 0 Å². The Balaban J connectivity index is 2.15. The molecule has 20 heavy (non-hydrogen) atoms. The van der Waals surface area contributed by atoms with E-state index in [0.29, 0.717) is 17.1 Å². The molecule has 2 aromatic carbocycles.